The highest BCUT2D eigenvalue weighted by Crippen LogP contribution is 2.24. The number of carbonyl (C=O) groups is 1. The van der Waals surface area contributed by atoms with Crippen LogP contribution in [0, 0.1) is 0 Å². The quantitative estimate of drug-likeness (QED) is 0.672. The summed E-state index contributed by atoms with van der Waals surface area (Å²) in [6.45, 7) is 4.48. The maximum absolute atomic E-state index is 12.0. The predicted octanol–water partition coefficient (Wildman–Crippen LogP) is 4.40. The number of halogens is 1. The lowest BCUT2D eigenvalue weighted by molar-refractivity contribution is 0.0473. The Bertz CT molecular complexity index is 636. The third kappa shape index (κ3) is 3.76. The summed E-state index contributed by atoms with van der Waals surface area (Å²) in [7, 11) is 0. The van der Waals surface area contributed by atoms with Crippen LogP contribution in [0.5, 0.6) is 0 Å². The van der Waals surface area contributed by atoms with E-state index in [1.165, 1.54) is 5.56 Å². The molecule has 0 aliphatic carbocycles. The van der Waals surface area contributed by atoms with Crippen LogP contribution >= 0.6 is 11.6 Å². The van der Waals surface area contributed by atoms with E-state index in [4.69, 9.17) is 22.1 Å². The molecular weight excluding hydrogens is 286 g/mol. The van der Waals surface area contributed by atoms with E-state index in [0.717, 1.165) is 5.56 Å². The Kier molecular flexibility index (Phi) is 4.86. The fourth-order valence-corrected chi connectivity index (χ4v) is 2.14. The van der Waals surface area contributed by atoms with Crippen molar-refractivity contribution in [1.82, 2.24) is 0 Å². The van der Waals surface area contributed by atoms with Crippen LogP contribution in [0.25, 0.3) is 0 Å². The Morgan fingerprint density at radius 3 is 2.48 bits per heavy atom. The van der Waals surface area contributed by atoms with E-state index < -0.39 is 5.97 Å². The van der Waals surface area contributed by atoms with Crippen molar-refractivity contribution < 1.29 is 9.53 Å². The lowest BCUT2D eigenvalue weighted by Gasteiger charge is -2.09. The van der Waals surface area contributed by atoms with Gasteiger partial charge in [-0.3, -0.25) is 0 Å². The van der Waals surface area contributed by atoms with Gasteiger partial charge in [-0.15, -0.1) is 0 Å². The van der Waals surface area contributed by atoms with Gasteiger partial charge in [-0.25, -0.2) is 4.79 Å². The summed E-state index contributed by atoms with van der Waals surface area (Å²) < 4.78 is 5.27. The van der Waals surface area contributed by atoms with E-state index in [9.17, 15) is 4.79 Å². The topological polar surface area (TPSA) is 52.3 Å². The van der Waals surface area contributed by atoms with Gasteiger partial charge >= 0.3 is 5.97 Å². The maximum atomic E-state index is 12.0. The zero-order valence-corrected chi connectivity index (χ0v) is 12.9. The summed E-state index contributed by atoms with van der Waals surface area (Å²) >= 11 is 6.00. The van der Waals surface area contributed by atoms with Crippen molar-refractivity contribution in [3.63, 3.8) is 0 Å². The van der Waals surface area contributed by atoms with Gasteiger partial charge in [0.15, 0.2) is 0 Å². The van der Waals surface area contributed by atoms with Gasteiger partial charge in [0.1, 0.15) is 6.61 Å². The number of ether oxygens (including phenoxy) is 1. The lowest BCUT2D eigenvalue weighted by Crippen LogP contribution is -2.07. The zero-order valence-electron chi connectivity index (χ0n) is 12.1. The number of esters is 1. The Labute approximate surface area is 129 Å². The van der Waals surface area contributed by atoms with Gasteiger partial charge in [0.2, 0.25) is 0 Å². The molecule has 0 bridgehead atoms. The number of nitrogen functional groups attached to an aromatic ring is 1. The molecule has 0 saturated heterocycles. The van der Waals surface area contributed by atoms with Crippen LogP contribution in [0.1, 0.15) is 41.3 Å². The molecule has 3 nitrogen and oxygen atoms in total. The third-order valence-corrected chi connectivity index (χ3v) is 3.69. The van der Waals surface area contributed by atoms with Crippen LogP contribution in [0.2, 0.25) is 5.02 Å². The molecule has 0 fully saturated rings. The van der Waals surface area contributed by atoms with Crippen molar-refractivity contribution in [2.24, 2.45) is 0 Å². The summed E-state index contributed by atoms with van der Waals surface area (Å²) in [6, 6.07) is 12.9. The highest BCUT2D eigenvalue weighted by Gasteiger charge is 2.13. The highest BCUT2D eigenvalue weighted by molar-refractivity contribution is 6.36. The average molecular weight is 304 g/mol. The molecule has 0 radical (unpaired) electrons. The SMILES string of the molecule is CC(C)c1ccc(COC(=O)c2cccc(N)c2Cl)cc1. The second kappa shape index (κ2) is 6.64. The molecule has 110 valence electrons. The number of hydrogen-bond donors (Lipinski definition) is 1. The molecule has 0 spiro atoms. The Morgan fingerprint density at radius 1 is 1.19 bits per heavy atom. The van der Waals surface area contributed by atoms with Gasteiger partial charge < -0.3 is 10.5 Å². The Balaban J connectivity index is 2.02. The summed E-state index contributed by atoms with van der Waals surface area (Å²) in [6.07, 6.45) is 0. The minimum atomic E-state index is -0.472. The summed E-state index contributed by atoms with van der Waals surface area (Å²) in [4.78, 5) is 12.0. The van der Waals surface area contributed by atoms with Crippen LogP contribution in [0.4, 0.5) is 5.69 Å². The van der Waals surface area contributed by atoms with Crippen LogP contribution in [0.3, 0.4) is 0 Å². The average Bonchev–Trinajstić information content (AvgIpc) is 2.48. The maximum Gasteiger partial charge on any atom is 0.340 e. The molecule has 2 aromatic carbocycles. The largest absolute Gasteiger partial charge is 0.457 e. The van der Waals surface area contributed by atoms with E-state index in [-0.39, 0.29) is 17.2 Å². The van der Waals surface area contributed by atoms with Crippen molar-refractivity contribution >= 4 is 23.3 Å². The number of anilines is 1. The van der Waals surface area contributed by atoms with Crippen molar-refractivity contribution in [3.05, 3.63) is 64.2 Å². The second-order valence-electron chi connectivity index (χ2n) is 5.18. The zero-order chi connectivity index (χ0) is 15.4. The van der Waals surface area contributed by atoms with Gasteiger partial charge in [-0.1, -0.05) is 55.8 Å². The Hall–Kier alpha value is -2.00. The first-order valence-corrected chi connectivity index (χ1v) is 7.16. The molecule has 0 aliphatic rings. The lowest BCUT2D eigenvalue weighted by atomic mass is 10.0. The molecule has 0 heterocycles. The molecule has 2 N–H and O–H groups in total. The highest BCUT2D eigenvalue weighted by atomic mass is 35.5. The summed E-state index contributed by atoms with van der Waals surface area (Å²) in [5.74, 6) is 0.00735. The second-order valence-corrected chi connectivity index (χ2v) is 5.56. The van der Waals surface area contributed by atoms with Crippen LogP contribution in [-0.4, -0.2) is 5.97 Å². The van der Waals surface area contributed by atoms with Crippen LogP contribution in [-0.2, 0) is 11.3 Å². The van der Waals surface area contributed by atoms with E-state index >= 15 is 0 Å². The number of nitrogens with two attached hydrogens (primary N) is 1. The molecule has 0 unspecified atom stereocenters. The predicted molar refractivity (Wildman–Crippen MR) is 85.5 cm³/mol. The van der Waals surface area contributed by atoms with Gasteiger partial charge in [-0.05, 0) is 29.2 Å². The van der Waals surface area contributed by atoms with Crippen LogP contribution < -0.4 is 5.73 Å². The molecule has 0 aliphatic heterocycles. The van der Waals surface area contributed by atoms with Gasteiger partial charge in [0, 0.05) is 0 Å². The number of hydrogen-bond acceptors (Lipinski definition) is 3. The molecule has 0 aromatic heterocycles. The first-order valence-electron chi connectivity index (χ1n) is 6.79. The van der Waals surface area contributed by atoms with E-state index in [0.29, 0.717) is 11.6 Å². The van der Waals surface area contributed by atoms with Crippen molar-refractivity contribution in [3.8, 4) is 0 Å². The van der Waals surface area contributed by atoms with E-state index in [1.807, 2.05) is 24.3 Å². The molecule has 0 atom stereocenters. The smallest absolute Gasteiger partial charge is 0.340 e. The molecule has 4 heteroatoms. The van der Waals surface area contributed by atoms with Crippen molar-refractivity contribution in [2.75, 3.05) is 5.73 Å². The van der Waals surface area contributed by atoms with Crippen LogP contribution in [0.15, 0.2) is 42.5 Å². The minimum absolute atomic E-state index is 0.211. The fourth-order valence-electron chi connectivity index (χ4n) is 1.93. The third-order valence-electron chi connectivity index (χ3n) is 3.26. The van der Waals surface area contributed by atoms with Crippen molar-refractivity contribution in [2.45, 2.75) is 26.4 Å². The Morgan fingerprint density at radius 2 is 1.86 bits per heavy atom. The first-order chi connectivity index (χ1) is 9.99. The fraction of sp³-hybridized carbons (Fsp3) is 0.235. The molecule has 2 rings (SSSR count). The molecular formula is C17H18ClNO2. The van der Waals surface area contributed by atoms with E-state index in [1.54, 1.807) is 18.2 Å². The van der Waals surface area contributed by atoms with E-state index in [2.05, 4.69) is 13.8 Å². The number of benzene rings is 2. The first kappa shape index (κ1) is 15.4. The normalized spacial score (nSPS) is 10.7. The standard InChI is InChI=1S/C17H18ClNO2/c1-11(2)13-8-6-12(7-9-13)10-21-17(20)14-4-3-5-15(19)16(14)18/h3-9,11H,10,19H2,1-2H3. The molecule has 2 aromatic rings. The van der Waals surface area contributed by atoms with Gasteiger partial charge in [-0.2, -0.15) is 0 Å². The minimum Gasteiger partial charge on any atom is -0.457 e. The molecule has 0 amide bonds. The number of carbonyl (C=O) groups excluding carboxylic acids is 1. The molecule has 21 heavy (non-hydrogen) atoms. The summed E-state index contributed by atoms with van der Waals surface area (Å²) in [5.41, 5.74) is 8.52. The monoisotopic (exact) mass is 303 g/mol. The van der Waals surface area contributed by atoms with Crippen molar-refractivity contribution in [1.29, 1.82) is 0 Å². The van der Waals surface area contributed by atoms with Gasteiger partial charge in [0.05, 0.1) is 16.3 Å². The summed E-state index contributed by atoms with van der Waals surface area (Å²) in [5, 5.41) is 0.234. The molecule has 0 saturated carbocycles. The van der Waals surface area contributed by atoms with Gasteiger partial charge in [0.25, 0.3) is 0 Å². The number of rotatable bonds is 4.